The zero-order valence-corrected chi connectivity index (χ0v) is 13.8. The lowest BCUT2D eigenvalue weighted by Gasteiger charge is -2.19. The highest BCUT2D eigenvalue weighted by Crippen LogP contribution is 2.29. The van der Waals surface area contributed by atoms with Crippen molar-refractivity contribution in [3.63, 3.8) is 0 Å². The molecule has 0 saturated carbocycles. The Bertz CT molecular complexity index is 993. The fraction of sp³-hybridized carbons (Fsp3) is 0.150. The van der Waals surface area contributed by atoms with Gasteiger partial charge in [-0.25, -0.2) is 14.2 Å². The number of nitriles is 1. The molecule has 0 aliphatic rings. The van der Waals surface area contributed by atoms with Crippen LogP contribution in [0.3, 0.4) is 0 Å². The summed E-state index contributed by atoms with van der Waals surface area (Å²) in [7, 11) is 1.26. The van der Waals surface area contributed by atoms with E-state index in [9.17, 15) is 14.4 Å². The van der Waals surface area contributed by atoms with E-state index in [0.717, 1.165) is 22.2 Å². The van der Waals surface area contributed by atoms with Gasteiger partial charge in [-0.3, -0.25) is 0 Å². The maximum atomic E-state index is 13.1. The van der Waals surface area contributed by atoms with Gasteiger partial charge in [0.15, 0.2) is 5.41 Å². The Kier molecular flexibility index (Phi) is 4.20. The summed E-state index contributed by atoms with van der Waals surface area (Å²) in [5.74, 6) is -0.905. The number of pyridine rings is 1. The fourth-order valence-corrected chi connectivity index (χ4v) is 2.65. The molecule has 3 rings (SSSR count). The minimum atomic E-state index is -1.38. The Balaban J connectivity index is 2.06. The van der Waals surface area contributed by atoms with E-state index >= 15 is 0 Å². The van der Waals surface area contributed by atoms with Crippen LogP contribution < -0.4 is 0 Å². The number of methoxy groups -OCH3 is 1. The monoisotopic (exact) mass is 334 g/mol. The van der Waals surface area contributed by atoms with Crippen molar-refractivity contribution in [1.82, 2.24) is 4.98 Å². The molecule has 0 amide bonds. The molecule has 1 heterocycles. The van der Waals surface area contributed by atoms with Gasteiger partial charge in [0.25, 0.3) is 0 Å². The van der Waals surface area contributed by atoms with Crippen LogP contribution >= 0.6 is 0 Å². The fourth-order valence-electron chi connectivity index (χ4n) is 2.65. The highest BCUT2D eigenvalue weighted by atomic mass is 19.1. The van der Waals surface area contributed by atoms with Gasteiger partial charge in [0.1, 0.15) is 5.82 Å². The molecule has 1 unspecified atom stereocenters. The van der Waals surface area contributed by atoms with Crippen LogP contribution in [0.5, 0.6) is 0 Å². The Morgan fingerprint density at radius 1 is 1.16 bits per heavy atom. The number of esters is 1. The minimum absolute atomic E-state index is 0.298. The van der Waals surface area contributed by atoms with Gasteiger partial charge < -0.3 is 4.74 Å². The number of carbonyl (C=O) groups is 1. The molecule has 0 bridgehead atoms. The van der Waals surface area contributed by atoms with Crippen LogP contribution in [0.25, 0.3) is 22.2 Å². The standard InChI is InChI=1S/C20H15FN2O2/c1-20(12-22,19(24)25-2)15-6-10-18-14(11-15)5-9-17(23-18)13-3-7-16(21)8-4-13/h3-11H,1-2H3. The van der Waals surface area contributed by atoms with Crippen LogP contribution in [0.15, 0.2) is 54.6 Å². The van der Waals surface area contributed by atoms with Crippen molar-refractivity contribution in [2.75, 3.05) is 7.11 Å². The molecule has 0 spiro atoms. The normalized spacial score (nSPS) is 13.0. The van der Waals surface area contributed by atoms with Crippen molar-refractivity contribution in [2.45, 2.75) is 12.3 Å². The zero-order chi connectivity index (χ0) is 18.0. The SMILES string of the molecule is COC(=O)C(C)(C#N)c1ccc2nc(-c3ccc(F)cc3)ccc2c1. The van der Waals surface area contributed by atoms with Crippen LogP contribution in [0.4, 0.5) is 4.39 Å². The number of halogens is 1. The topological polar surface area (TPSA) is 63.0 Å². The highest BCUT2D eigenvalue weighted by molar-refractivity contribution is 5.89. The molecule has 0 N–H and O–H groups in total. The summed E-state index contributed by atoms with van der Waals surface area (Å²) in [5, 5.41) is 10.2. The van der Waals surface area contributed by atoms with Crippen molar-refractivity contribution in [3.8, 4) is 17.3 Å². The molecule has 5 heteroatoms. The molecule has 4 nitrogen and oxygen atoms in total. The number of hydrogen-bond acceptors (Lipinski definition) is 4. The van der Waals surface area contributed by atoms with Crippen molar-refractivity contribution < 1.29 is 13.9 Å². The minimum Gasteiger partial charge on any atom is -0.468 e. The summed E-state index contributed by atoms with van der Waals surface area (Å²) in [6.07, 6.45) is 0. The molecule has 25 heavy (non-hydrogen) atoms. The number of rotatable bonds is 3. The molecule has 0 aliphatic heterocycles. The first-order valence-corrected chi connectivity index (χ1v) is 7.65. The maximum Gasteiger partial charge on any atom is 0.330 e. The van der Waals surface area contributed by atoms with Gasteiger partial charge in [-0.05, 0) is 55.0 Å². The molecule has 3 aromatic rings. The van der Waals surface area contributed by atoms with E-state index in [2.05, 4.69) is 4.98 Å². The van der Waals surface area contributed by atoms with Crippen molar-refractivity contribution in [2.24, 2.45) is 0 Å². The molecule has 1 atom stereocenters. The van der Waals surface area contributed by atoms with Gasteiger partial charge in [0.05, 0.1) is 24.4 Å². The van der Waals surface area contributed by atoms with E-state index in [-0.39, 0.29) is 5.82 Å². The molecule has 0 saturated heterocycles. The first kappa shape index (κ1) is 16.6. The van der Waals surface area contributed by atoms with E-state index in [4.69, 9.17) is 4.74 Å². The number of benzene rings is 2. The van der Waals surface area contributed by atoms with Gasteiger partial charge in [0.2, 0.25) is 0 Å². The molecular weight excluding hydrogens is 319 g/mol. The first-order chi connectivity index (χ1) is 12.0. The Hall–Kier alpha value is -3.26. The molecule has 0 aliphatic carbocycles. The summed E-state index contributed by atoms with van der Waals surface area (Å²) < 4.78 is 17.8. The molecule has 0 radical (unpaired) electrons. The quantitative estimate of drug-likeness (QED) is 0.679. The van der Waals surface area contributed by atoms with Crippen LogP contribution in [-0.2, 0) is 14.9 Å². The lowest BCUT2D eigenvalue weighted by molar-refractivity contribution is -0.144. The lowest BCUT2D eigenvalue weighted by Crippen LogP contribution is -2.32. The third-order valence-electron chi connectivity index (χ3n) is 4.22. The summed E-state index contributed by atoms with van der Waals surface area (Å²) in [5.41, 5.74) is 1.42. The second-order valence-corrected chi connectivity index (χ2v) is 5.84. The van der Waals surface area contributed by atoms with Crippen molar-refractivity contribution >= 4 is 16.9 Å². The van der Waals surface area contributed by atoms with Gasteiger partial charge >= 0.3 is 5.97 Å². The van der Waals surface area contributed by atoms with Crippen molar-refractivity contribution in [1.29, 1.82) is 5.26 Å². The largest absolute Gasteiger partial charge is 0.468 e. The number of carbonyl (C=O) groups excluding carboxylic acids is 1. The van der Waals surface area contributed by atoms with Gasteiger partial charge in [-0.1, -0.05) is 12.1 Å². The second-order valence-electron chi connectivity index (χ2n) is 5.84. The van der Waals surface area contributed by atoms with E-state index < -0.39 is 11.4 Å². The third-order valence-corrected chi connectivity index (χ3v) is 4.22. The summed E-state index contributed by atoms with van der Waals surface area (Å²) in [6, 6.07) is 17.0. The van der Waals surface area contributed by atoms with Gasteiger partial charge in [0, 0.05) is 10.9 Å². The van der Waals surface area contributed by atoms with E-state index in [0.29, 0.717) is 5.56 Å². The van der Waals surface area contributed by atoms with Crippen LogP contribution in [0, 0.1) is 17.1 Å². The summed E-state index contributed by atoms with van der Waals surface area (Å²) in [6.45, 7) is 1.53. The highest BCUT2D eigenvalue weighted by Gasteiger charge is 2.36. The van der Waals surface area contributed by atoms with E-state index in [1.54, 1.807) is 30.3 Å². The van der Waals surface area contributed by atoms with Crippen molar-refractivity contribution in [3.05, 3.63) is 66.0 Å². The second kappa shape index (κ2) is 6.33. The lowest BCUT2D eigenvalue weighted by atomic mass is 9.83. The number of fused-ring (bicyclic) bond motifs is 1. The first-order valence-electron chi connectivity index (χ1n) is 7.65. The third kappa shape index (κ3) is 2.94. The number of ether oxygens (including phenoxy) is 1. The molecule has 0 fully saturated rings. The Morgan fingerprint density at radius 2 is 1.88 bits per heavy atom. The van der Waals surface area contributed by atoms with Crippen LogP contribution in [0.2, 0.25) is 0 Å². The number of nitrogens with zero attached hydrogens (tertiary/aromatic N) is 2. The van der Waals surface area contributed by atoms with E-state index in [1.165, 1.54) is 26.2 Å². The molecule has 1 aromatic heterocycles. The molecule has 124 valence electrons. The average Bonchev–Trinajstić information content (AvgIpc) is 2.66. The van der Waals surface area contributed by atoms with Gasteiger partial charge in [-0.15, -0.1) is 0 Å². The van der Waals surface area contributed by atoms with Crippen LogP contribution in [-0.4, -0.2) is 18.1 Å². The summed E-state index contributed by atoms with van der Waals surface area (Å²) >= 11 is 0. The predicted octanol–water partition coefficient (Wildman–Crippen LogP) is 4.00. The van der Waals surface area contributed by atoms with E-state index in [1.807, 2.05) is 18.2 Å². The molecule has 2 aromatic carbocycles. The summed E-state index contributed by atoms with van der Waals surface area (Å²) in [4.78, 5) is 16.5. The Labute approximate surface area is 144 Å². The average molecular weight is 334 g/mol. The predicted molar refractivity (Wildman–Crippen MR) is 92.1 cm³/mol. The molecular formula is C20H15FN2O2. The number of aromatic nitrogens is 1. The number of hydrogen-bond donors (Lipinski definition) is 0. The maximum absolute atomic E-state index is 13.1. The zero-order valence-electron chi connectivity index (χ0n) is 13.8. The van der Waals surface area contributed by atoms with Crippen LogP contribution in [0.1, 0.15) is 12.5 Å². The smallest absolute Gasteiger partial charge is 0.330 e. The Morgan fingerprint density at radius 3 is 2.52 bits per heavy atom. The van der Waals surface area contributed by atoms with Gasteiger partial charge in [-0.2, -0.15) is 5.26 Å².